The van der Waals surface area contributed by atoms with Gasteiger partial charge in [0, 0.05) is 29.7 Å². The number of nitrogens with zero attached hydrogens (tertiary/aromatic N) is 3. The van der Waals surface area contributed by atoms with Crippen LogP contribution in [0.4, 0.5) is 5.82 Å². The summed E-state index contributed by atoms with van der Waals surface area (Å²) in [5.74, 6) is 0.957. The highest BCUT2D eigenvalue weighted by Crippen LogP contribution is 2.24. The molecule has 1 aliphatic rings. The van der Waals surface area contributed by atoms with Crippen molar-refractivity contribution >= 4 is 23.3 Å². The van der Waals surface area contributed by atoms with Crippen LogP contribution < -0.4 is 10.2 Å². The molecule has 5 nitrogen and oxygen atoms in total. The first-order valence-corrected chi connectivity index (χ1v) is 9.05. The van der Waals surface area contributed by atoms with Gasteiger partial charge in [0.15, 0.2) is 5.82 Å². The molecule has 1 saturated heterocycles. The molecule has 1 aromatic heterocycles. The van der Waals surface area contributed by atoms with Crippen molar-refractivity contribution in [3.8, 4) is 11.3 Å². The Bertz CT molecular complexity index is 715. The fourth-order valence-electron chi connectivity index (χ4n) is 3.07. The van der Waals surface area contributed by atoms with E-state index in [9.17, 15) is 4.79 Å². The standard InChI is InChI=1S/C19H23ClN4O/c1-13(2)21-19(25)15-4-3-11-24(12-15)18-10-9-17(22-23-18)14-5-7-16(20)8-6-14/h5-10,13,15H,3-4,11-12H2,1-2H3,(H,21,25). The summed E-state index contributed by atoms with van der Waals surface area (Å²) in [7, 11) is 0. The molecule has 0 aliphatic carbocycles. The number of amides is 1. The molecule has 1 atom stereocenters. The maximum atomic E-state index is 12.3. The summed E-state index contributed by atoms with van der Waals surface area (Å²) >= 11 is 5.92. The van der Waals surface area contributed by atoms with Gasteiger partial charge in [0.2, 0.25) is 5.91 Å². The van der Waals surface area contributed by atoms with Crippen LogP contribution in [0.5, 0.6) is 0 Å². The molecule has 0 bridgehead atoms. The minimum Gasteiger partial charge on any atom is -0.354 e. The molecule has 1 fully saturated rings. The molecule has 2 aromatic rings. The third-order valence-corrected chi connectivity index (χ3v) is 4.59. The zero-order valence-electron chi connectivity index (χ0n) is 14.6. The normalized spacial score (nSPS) is 17.6. The van der Waals surface area contributed by atoms with Crippen LogP contribution in [-0.4, -0.2) is 35.2 Å². The number of benzene rings is 1. The van der Waals surface area contributed by atoms with Gasteiger partial charge in [-0.3, -0.25) is 4.79 Å². The minimum absolute atomic E-state index is 0.00823. The number of nitrogens with one attached hydrogen (secondary N) is 1. The second-order valence-corrected chi connectivity index (χ2v) is 7.17. The van der Waals surface area contributed by atoms with E-state index in [1.807, 2.05) is 50.2 Å². The van der Waals surface area contributed by atoms with Crippen LogP contribution in [0.3, 0.4) is 0 Å². The summed E-state index contributed by atoms with van der Waals surface area (Å²) in [5, 5.41) is 12.4. The molecule has 1 aliphatic heterocycles. The Morgan fingerprint density at radius 1 is 1.20 bits per heavy atom. The number of carbonyl (C=O) groups is 1. The molecule has 132 valence electrons. The summed E-state index contributed by atoms with van der Waals surface area (Å²) in [5.41, 5.74) is 1.79. The van der Waals surface area contributed by atoms with Gasteiger partial charge in [-0.15, -0.1) is 10.2 Å². The van der Waals surface area contributed by atoms with Crippen LogP contribution in [0.15, 0.2) is 36.4 Å². The highest BCUT2D eigenvalue weighted by Gasteiger charge is 2.26. The summed E-state index contributed by atoms with van der Waals surface area (Å²) < 4.78 is 0. The zero-order chi connectivity index (χ0) is 17.8. The first-order valence-electron chi connectivity index (χ1n) is 8.68. The van der Waals surface area contributed by atoms with Crippen molar-refractivity contribution in [2.24, 2.45) is 5.92 Å². The van der Waals surface area contributed by atoms with E-state index >= 15 is 0 Å². The van der Waals surface area contributed by atoms with E-state index in [-0.39, 0.29) is 17.9 Å². The molecule has 1 aromatic carbocycles. The molecular weight excluding hydrogens is 336 g/mol. The largest absolute Gasteiger partial charge is 0.354 e. The van der Waals surface area contributed by atoms with Crippen molar-refractivity contribution in [3.05, 3.63) is 41.4 Å². The third kappa shape index (κ3) is 4.48. The number of carbonyl (C=O) groups excluding carboxylic acids is 1. The van der Waals surface area contributed by atoms with E-state index in [1.54, 1.807) is 0 Å². The van der Waals surface area contributed by atoms with E-state index in [1.165, 1.54) is 0 Å². The highest BCUT2D eigenvalue weighted by atomic mass is 35.5. The molecule has 3 rings (SSSR count). The Kier molecular flexibility index (Phi) is 5.53. The van der Waals surface area contributed by atoms with Crippen LogP contribution in [0, 0.1) is 5.92 Å². The number of anilines is 1. The minimum atomic E-state index is 0.00823. The van der Waals surface area contributed by atoms with Gasteiger partial charge in [0.05, 0.1) is 11.6 Å². The highest BCUT2D eigenvalue weighted by molar-refractivity contribution is 6.30. The maximum Gasteiger partial charge on any atom is 0.225 e. The van der Waals surface area contributed by atoms with E-state index in [0.29, 0.717) is 11.6 Å². The lowest BCUT2D eigenvalue weighted by atomic mass is 9.97. The molecular formula is C19H23ClN4O. The molecule has 6 heteroatoms. The molecule has 2 heterocycles. The number of piperidine rings is 1. The summed E-state index contributed by atoms with van der Waals surface area (Å²) in [4.78, 5) is 14.4. The van der Waals surface area contributed by atoms with Crippen LogP contribution in [0.25, 0.3) is 11.3 Å². The average Bonchev–Trinajstić information content (AvgIpc) is 2.62. The third-order valence-electron chi connectivity index (χ3n) is 4.34. The van der Waals surface area contributed by atoms with Gasteiger partial charge in [-0.2, -0.15) is 0 Å². The molecule has 0 radical (unpaired) electrons. The van der Waals surface area contributed by atoms with Crippen LogP contribution >= 0.6 is 11.6 Å². The lowest BCUT2D eigenvalue weighted by Gasteiger charge is -2.32. The van der Waals surface area contributed by atoms with Crippen molar-refractivity contribution in [2.45, 2.75) is 32.7 Å². The summed E-state index contributed by atoms with van der Waals surface area (Å²) in [6.45, 7) is 5.56. The van der Waals surface area contributed by atoms with Crippen LogP contribution in [0.2, 0.25) is 5.02 Å². The first-order chi connectivity index (χ1) is 12.0. The summed E-state index contributed by atoms with van der Waals surface area (Å²) in [6, 6.07) is 11.6. The van der Waals surface area contributed by atoms with Crippen LogP contribution in [0.1, 0.15) is 26.7 Å². The number of hydrogen-bond donors (Lipinski definition) is 1. The second kappa shape index (κ2) is 7.83. The van der Waals surface area contributed by atoms with Gasteiger partial charge in [-0.1, -0.05) is 23.7 Å². The van der Waals surface area contributed by atoms with Gasteiger partial charge in [-0.25, -0.2) is 0 Å². The predicted octanol–water partition coefficient (Wildman–Crippen LogP) is 3.54. The van der Waals surface area contributed by atoms with Gasteiger partial charge in [0.25, 0.3) is 0 Å². The Balaban J connectivity index is 1.69. The molecule has 1 N–H and O–H groups in total. The Morgan fingerprint density at radius 2 is 1.96 bits per heavy atom. The molecule has 25 heavy (non-hydrogen) atoms. The van der Waals surface area contributed by atoms with E-state index < -0.39 is 0 Å². The van der Waals surface area contributed by atoms with E-state index in [0.717, 1.165) is 36.5 Å². The SMILES string of the molecule is CC(C)NC(=O)C1CCCN(c2ccc(-c3ccc(Cl)cc3)nn2)C1. The van der Waals surface area contributed by atoms with Crippen molar-refractivity contribution in [2.75, 3.05) is 18.0 Å². The van der Waals surface area contributed by atoms with Crippen molar-refractivity contribution in [3.63, 3.8) is 0 Å². The van der Waals surface area contributed by atoms with Crippen molar-refractivity contribution in [1.82, 2.24) is 15.5 Å². The second-order valence-electron chi connectivity index (χ2n) is 6.73. The molecule has 1 amide bonds. The fourth-order valence-corrected chi connectivity index (χ4v) is 3.20. The lowest BCUT2D eigenvalue weighted by Crippen LogP contribution is -2.45. The Labute approximate surface area is 153 Å². The molecule has 0 spiro atoms. The zero-order valence-corrected chi connectivity index (χ0v) is 15.3. The number of aromatic nitrogens is 2. The van der Waals surface area contributed by atoms with Crippen molar-refractivity contribution < 1.29 is 4.79 Å². The fraction of sp³-hybridized carbons (Fsp3) is 0.421. The number of halogens is 1. The maximum absolute atomic E-state index is 12.3. The van der Waals surface area contributed by atoms with Gasteiger partial charge in [0.1, 0.15) is 0 Å². The molecule has 1 unspecified atom stereocenters. The monoisotopic (exact) mass is 358 g/mol. The molecule has 0 saturated carbocycles. The predicted molar refractivity (Wildman–Crippen MR) is 101 cm³/mol. The van der Waals surface area contributed by atoms with Crippen molar-refractivity contribution in [1.29, 1.82) is 0 Å². The number of hydrogen-bond acceptors (Lipinski definition) is 4. The Hall–Kier alpha value is -2.14. The van der Waals surface area contributed by atoms with E-state index in [4.69, 9.17) is 11.6 Å². The number of rotatable bonds is 4. The quantitative estimate of drug-likeness (QED) is 0.908. The van der Waals surface area contributed by atoms with Gasteiger partial charge in [-0.05, 0) is 51.0 Å². The van der Waals surface area contributed by atoms with Gasteiger partial charge < -0.3 is 10.2 Å². The topological polar surface area (TPSA) is 58.1 Å². The first kappa shape index (κ1) is 17.7. The van der Waals surface area contributed by atoms with E-state index in [2.05, 4.69) is 20.4 Å². The van der Waals surface area contributed by atoms with Crippen LogP contribution in [-0.2, 0) is 4.79 Å². The smallest absolute Gasteiger partial charge is 0.225 e. The average molecular weight is 359 g/mol. The lowest BCUT2D eigenvalue weighted by molar-refractivity contribution is -0.125. The Morgan fingerprint density at radius 3 is 2.60 bits per heavy atom. The summed E-state index contributed by atoms with van der Waals surface area (Å²) in [6.07, 6.45) is 1.90. The van der Waals surface area contributed by atoms with Gasteiger partial charge >= 0.3 is 0 Å².